The lowest BCUT2D eigenvalue weighted by Crippen LogP contribution is -2.62. The molecule has 0 radical (unpaired) electrons. The number of nitrogens with one attached hydrogen (secondary N) is 1. The SMILES string of the molecule is O[C@@H]1C[C@@H](Nc2nccc(N3Cc4ccccc4C3)n2)C12CCOCC2. The van der Waals surface area contributed by atoms with Gasteiger partial charge in [0.15, 0.2) is 0 Å². The molecule has 0 amide bonds. The minimum Gasteiger partial charge on any atom is -0.392 e. The minimum atomic E-state index is -0.250. The van der Waals surface area contributed by atoms with Gasteiger partial charge in [0.05, 0.1) is 6.10 Å². The van der Waals surface area contributed by atoms with Gasteiger partial charge >= 0.3 is 0 Å². The van der Waals surface area contributed by atoms with Gasteiger partial charge in [0.25, 0.3) is 0 Å². The van der Waals surface area contributed by atoms with E-state index in [1.807, 2.05) is 12.3 Å². The van der Waals surface area contributed by atoms with Gasteiger partial charge in [-0.3, -0.25) is 0 Å². The molecule has 1 spiro atoms. The van der Waals surface area contributed by atoms with Crippen LogP contribution in [0.5, 0.6) is 0 Å². The number of fused-ring (bicyclic) bond motifs is 1. The summed E-state index contributed by atoms with van der Waals surface area (Å²) in [4.78, 5) is 11.5. The Labute approximate surface area is 153 Å². The Morgan fingerprint density at radius 3 is 2.54 bits per heavy atom. The lowest BCUT2D eigenvalue weighted by Gasteiger charge is -2.55. The molecule has 2 atom stereocenters. The van der Waals surface area contributed by atoms with Gasteiger partial charge in [0, 0.05) is 44.0 Å². The molecule has 6 heteroatoms. The molecule has 5 rings (SSSR count). The van der Waals surface area contributed by atoms with E-state index in [9.17, 15) is 5.11 Å². The summed E-state index contributed by atoms with van der Waals surface area (Å²) in [6, 6.07) is 10.7. The van der Waals surface area contributed by atoms with Gasteiger partial charge in [-0.25, -0.2) is 4.98 Å². The number of ether oxygens (including phenoxy) is 1. The van der Waals surface area contributed by atoms with Crippen LogP contribution >= 0.6 is 0 Å². The molecule has 3 aliphatic rings. The van der Waals surface area contributed by atoms with Crippen LogP contribution in [0.4, 0.5) is 11.8 Å². The Balaban J connectivity index is 1.32. The first-order chi connectivity index (χ1) is 12.7. The van der Waals surface area contributed by atoms with Crippen molar-refractivity contribution in [2.24, 2.45) is 5.41 Å². The zero-order chi connectivity index (χ0) is 17.6. The Hall–Kier alpha value is -2.18. The van der Waals surface area contributed by atoms with E-state index in [-0.39, 0.29) is 17.6 Å². The fourth-order valence-electron chi connectivity index (χ4n) is 4.65. The van der Waals surface area contributed by atoms with Crippen molar-refractivity contribution in [2.75, 3.05) is 23.4 Å². The third kappa shape index (κ3) is 2.56. The van der Waals surface area contributed by atoms with E-state index in [2.05, 4.69) is 39.5 Å². The summed E-state index contributed by atoms with van der Waals surface area (Å²) in [5.41, 5.74) is 2.65. The molecule has 2 fully saturated rings. The van der Waals surface area contributed by atoms with Crippen molar-refractivity contribution >= 4 is 11.8 Å². The second kappa shape index (κ2) is 6.21. The largest absolute Gasteiger partial charge is 0.392 e. The molecule has 1 saturated carbocycles. The molecule has 0 unspecified atom stereocenters. The molecule has 0 bridgehead atoms. The summed E-state index contributed by atoms with van der Waals surface area (Å²) in [5, 5.41) is 13.8. The fraction of sp³-hybridized carbons (Fsp3) is 0.500. The third-order valence-electron chi connectivity index (χ3n) is 6.35. The van der Waals surface area contributed by atoms with Crippen LogP contribution in [0.15, 0.2) is 36.5 Å². The van der Waals surface area contributed by atoms with Crippen LogP contribution in [0.3, 0.4) is 0 Å². The monoisotopic (exact) mass is 352 g/mol. The molecule has 1 aliphatic carbocycles. The molecule has 136 valence electrons. The van der Waals surface area contributed by atoms with Crippen LogP contribution in [-0.4, -0.2) is 40.4 Å². The first-order valence-corrected chi connectivity index (χ1v) is 9.42. The van der Waals surface area contributed by atoms with Gasteiger partial charge in [0.1, 0.15) is 5.82 Å². The van der Waals surface area contributed by atoms with Crippen molar-refractivity contribution in [1.29, 1.82) is 0 Å². The molecule has 2 N–H and O–H groups in total. The van der Waals surface area contributed by atoms with Crippen molar-refractivity contribution < 1.29 is 9.84 Å². The highest BCUT2D eigenvalue weighted by Crippen LogP contribution is 2.50. The first kappa shape index (κ1) is 16.0. The van der Waals surface area contributed by atoms with E-state index in [1.54, 1.807) is 0 Å². The quantitative estimate of drug-likeness (QED) is 0.884. The Kier molecular flexibility index (Phi) is 3.83. The van der Waals surface area contributed by atoms with E-state index in [0.717, 1.165) is 51.4 Å². The number of aliphatic hydroxyl groups excluding tert-OH is 1. The summed E-state index contributed by atoms with van der Waals surface area (Å²) in [5.74, 6) is 1.60. The summed E-state index contributed by atoms with van der Waals surface area (Å²) >= 11 is 0. The van der Waals surface area contributed by atoms with Crippen LogP contribution in [0.2, 0.25) is 0 Å². The summed E-state index contributed by atoms with van der Waals surface area (Å²) in [7, 11) is 0. The third-order valence-corrected chi connectivity index (χ3v) is 6.35. The number of aliphatic hydroxyl groups is 1. The van der Waals surface area contributed by atoms with Gasteiger partial charge in [-0.2, -0.15) is 4.98 Å². The molecule has 26 heavy (non-hydrogen) atoms. The fourth-order valence-corrected chi connectivity index (χ4v) is 4.65. The number of nitrogens with zero attached hydrogens (tertiary/aromatic N) is 3. The Bertz CT molecular complexity index is 781. The van der Waals surface area contributed by atoms with Crippen molar-refractivity contribution in [3.05, 3.63) is 47.7 Å². The average Bonchev–Trinajstić information content (AvgIpc) is 3.13. The smallest absolute Gasteiger partial charge is 0.224 e. The number of hydrogen-bond donors (Lipinski definition) is 2. The molecule has 1 aromatic heterocycles. The molecule has 1 aromatic carbocycles. The molecular formula is C20H24N4O2. The van der Waals surface area contributed by atoms with Crippen molar-refractivity contribution in [2.45, 2.75) is 44.5 Å². The van der Waals surface area contributed by atoms with Crippen molar-refractivity contribution in [3.63, 3.8) is 0 Å². The standard InChI is InChI=1S/C20H24N4O2/c25-17-11-16(20(17)6-9-26-10-7-20)22-19-21-8-5-18(23-19)24-12-14-3-1-2-4-15(14)13-24/h1-5,8,16-17,25H,6-7,9-13H2,(H,21,22,23)/t16-,17-/m1/s1. The molecule has 3 heterocycles. The highest BCUT2D eigenvalue weighted by atomic mass is 16.5. The number of aromatic nitrogens is 2. The van der Waals surface area contributed by atoms with Crippen LogP contribution in [0, 0.1) is 5.41 Å². The molecule has 2 aliphatic heterocycles. The van der Waals surface area contributed by atoms with Gasteiger partial charge < -0.3 is 20.1 Å². The summed E-state index contributed by atoms with van der Waals surface area (Å²) in [6.07, 6.45) is 4.11. The normalized spacial score (nSPS) is 26.4. The molecule has 2 aromatic rings. The zero-order valence-electron chi connectivity index (χ0n) is 14.8. The first-order valence-electron chi connectivity index (χ1n) is 9.42. The minimum absolute atomic E-state index is 0.0819. The lowest BCUT2D eigenvalue weighted by molar-refractivity contribution is -0.133. The van der Waals surface area contributed by atoms with Crippen LogP contribution < -0.4 is 10.2 Å². The van der Waals surface area contributed by atoms with E-state index < -0.39 is 0 Å². The average molecular weight is 352 g/mol. The number of anilines is 2. The predicted octanol–water partition coefficient (Wildman–Crippen LogP) is 2.34. The maximum atomic E-state index is 10.4. The van der Waals surface area contributed by atoms with E-state index in [1.165, 1.54) is 11.1 Å². The van der Waals surface area contributed by atoms with E-state index in [0.29, 0.717) is 5.95 Å². The highest BCUT2D eigenvalue weighted by Gasteiger charge is 2.55. The Morgan fingerprint density at radius 2 is 1.85 bits per heavy atom. The van der Waals surface area contributed by atoms with Gasteiger partial charge in [-0.15, -0.1) is 0 Å². The predicted molar refractivity (Wildman–Crippen MR) is 98.9 cm³/mol. The van der Waals surface area contributed by atoms with Crippen LogP contribution in [0.25, 0.3) is 0 Å². The van der Waals surface area contributed by atoms with Crippen LogP contribution in [-0.2, 0) is 17.8 Å². The van der Waals surface area contributed by atoms with Gasteiger partial charge in [-0.1, -0.05) is 24.3 Å². The van der Waals surface area contributed by atoms with Gasteiger partial charge in [-0.05, 0) is 36.5 Å². The molecule has 1 saturated heterocycles. The Morgan fingerprint density at radius 1 is 1.12 bits per heavy atom. The highest BCUT2D eigenvalue weighted by molar-refractivity contribution is 5.49. The summed E-state index contributed by atoms with van der Waals surface area (Å²) < 4.78 is 5.49. The van der Waals surface area contributed by atoms with Gasteiger partial charge in [0.2, 0.25) is 5.95 Å². The molecule has 6 nitrogen and oxygen atoms in total. The second-order valence-corrected chi connectivity index (χ2v) is 7.66. The summed E-state index contributed by atoms with van der Waals surface area (Å²) in [6.45, 7) is 3.22. The number of benzene rings is 1. The lowest BCUT2D eigenvalue weighted by atomic mass is 9.58. The van der Waals surface area contributed by atoms with Crippen LogP contribution in [0.1, 0.15) is 30.4 Å². The van der Waals surface area contributed by atoms with Crippen molar-refractivity contribution in [3.8, 4) is 0 Å². The zero-order valence-corrected chi connectivity index (χ0v) is 14.8. The topological polar surface area (TPSA) is 70.5 Å². The number of hydrogen-bond acceptors (Lipinski definition) is 6. The maximum Gasteiger partial charge on any atom is 0.224 e. The molecular weight excluding hydrogens is 328 g/mol. The van der Waals surface area contributed by atoms with Crippen molar-refractivity contribution in [1.82, 2.24) is 9.97 Å². The van der Waals surface area contributed by atoms with E-state index in [4.69, 9.17) is 9.72 Å². The maximum absolute atomic E-state index is 10.4. The number of rotatable bonds is 3. The van der Waals surface area contributed by atoms with E-state index >= 15 is 0 Å². The second-order valence-electron chi connectivity index (χ2n) is 7.66.